The fraction of sp³-hybridized carbons (Fsp3) is 0.438. The quantitative estimate of drug-likeness (QED) is 0.869. The summed E-state index contributed by atoms with van der Waals surface area (Å²) in [7, 11) is 0. The van der Waals surface area contributed by atoms with Crippen molar-refractivity contribution in [1.29, 1.82) is 0 Å². The summed E-state index contributed by atoms with van der Waals surface area (Å²) in [4.78, 5) is 4.74. The van der Waals surface area contributed by atoms with Gasteiger partial charge >= 0.3 is 0 Å². The topological polar surface area (TPSA) is 53.4 Å². The third kappa shape index (κ3) is 2.62. The van der Waals surface area contributed by atoms with E-state index in [0.29, 0.717) is 5.92 Å². The summed E-state index contributed by atoms with van der Waals surface area (Å²) in [6.45, 7) is 0.0677. The lowest BCUT2D eigenvalue weighted by atomic mass is 9.85. The Morgan fingerprint density at radius 3 is 2.58 bits per heavy atom. The Kier molecular flexibility index (Phi) is 3.49. The summed E-state index contributed by atoms with van der Waals surface area (Å²) in [6, 6.07) is 10.1. The van der Waals surface area contributed by atoms with Gasteiger partial charge in [-0.1, -0.05) is 12.1 Å². The molecule has 0 bridgehead atoms. The van der Waals surface area contributed by atoms with Crippen molar-refractivity contribution < 1.29 is 10.2 Å². The van der Waals surface area contributed by atoms with Gasteiger partial charge in [0.25, 0.3) is 0 Å². The van der Waals surface area contributed by atoms with Gasteiger partial charge in [0.05, 0.1) is 18.2 Å². The molecule has 1 heterocycles. The van der Waals surface area contributed by atoms with Crippen molar-refractivity contribution in [3.8, 4) is 0 Å². The van der Waals surface area contributed by atoms with Crippen molar-refractivity contribution in [2.75, 3.05) is 0 Å². The lowest BCUT2D eigenvalue weighted by Crippen LogP contribution is -2.17. The van der Waals surface area contributed by atoms with Crippen molar-refractivity contribution in [2.45, 2.75) is 44.3 Å². The van der Waals surface area contributed by atoms with E-state index in [1.165, 1.54) is 0 Å². The second-order valence-electron chi connectivity index (χ2n) is 5.43. The molecule has 2 N–H and O–H groups in total. The molecule has 1 aromatic heterocycles. The van der Waals surface area contributed by atoms with Gasteiger partial charge in [-0.05, 0) is 49.4 Å². The van der Waals surface area contributed by atoms with E-state index in [1.807, 2.05) is 18.2 Å². The Balaban J connectivity index is 1.89. The average Bonchev–Trinajstić information content (AvgIpc) is 2.47. The van der Waals surface area contributed by atoms with Crippen LogP contribution < -0.4 is 0 Å². The molecule has 1 aliphatic carbocycles. The van der Waals surface area contributed by atoms with E-state index >= 15 is 0 Å². The third-order valence-corrected chi connectivity index (χ3v) is 4.07. The molecule has 3 rings (SSSR count). The zero-order valence-corrected chi connectivity index (χ0v) is 10.9. The number of hydrogen-bond acceptors (Lipinski definition) is 3. The molecule has 0 amide bonds. The van der Waals surface area contributed by atoms with Gasteiger partial charge in [-0.2, -0.15) is 0 Å². The first-order valence-corrected chi connectivity index (χ1v) is 6.95. The zero-order valence-electron chi connectivity index (χ0n) is 10.9. The predicted octanol–water partition coefficient (Wildman–Crippen LogP) is 2.75. The van der Waals surface area contributed by atoms with Crippen molar-refractivity contribution >= 4 is 10.9 Å². The van der Waals surface area contributed by atoms with E-state index < -0.39 is 0 Å². The molecule has 1 aliphatic rings. The molecule has 2 aromatic rings. The predicted molar refractivity (Wildman–Crippen MR) is 74.9 cm³/mol. The smallest absolute Gasteiger partial charge is 0.0705 e. The molecule has 1 aromatic carbocycles. The van der Waals surface area contributed by atoms with E-state index in [0.717, 1.165) is 47.8 Å². The maximum atomic E-state index is 9.56. The van der Waals surface area contributed by atoms with Gasteiger partial charge in [-0.25, -0.2) is 0 Å². The highest BCUT2D eigenvalue weighted by Crippen LogP contribution is 2.32. The Bertz CT molecular complexity index is 574. The van der Waals surface area contributed by atoms with Crippen LogP contribution in [0.2, 0.25) is 0 Å². The lowest BCUT2D eigenvalue weighted by Gasteiger charge is -2.25. The van der Waals surface area contributed by atoms with Gasteiger partial charge in [0.1, 0.15) is 0 Å². The molecule has 0 atom stereocenters. The highest BCUT2D eigenvalue weighted by atomic mass is 16.3. The van der Waals surface area contributed by atoms with Gasteiger partial charge in [0, 0.05) is 17.0 Å². The summed E-state index contributed by atoms with van der Waals surface area (Å²) in [5.74, 6) is 0.477. The highest BCUT2D eigenvalue weighted by molar-refractivity contribution is 5.79. The second kappa shape index (κ2) is 5.27. The minimum Gasteiger partial charge on any atom is -0.393 e. The number of nitrogens with zero attached hydrogens (tertiary/aromatic N) is 1. The van der Waals surface area contributed by atoms with Gasteiger partial charge in [0.2, 0.25) is 0 Å². The average molecular weight is 257 g/mol. The number of aliphatic hydroxyl groups is 2. The number of benzene rings is 1. The Labute approximate surface area is 112 Å². The van der Waals surface area contributed by atoms with Crippen LogP contribution in [0.15, 0.2) is 30.3 Å². The fourth-order valence-corrected chi connectivity index (χ4v) is 2.89. The van der Waals surface area contributed by atoms with Gasteiger partial charge in [0.15, 0.2) is 0 Å². The minimum absolute atomic E-state index is 0.0677. The highest BCUT2D eigenvalue weighted by Gasteiger charge is 2.21. The van der Waals surface area contributed by atoms with Crippen LogP contribution in [0.5, 0.6) is 0 Å². The number of rotatable bonds is 2. The van der Waals surface area contributed by atoms with Crippen LogP contribution in [0.25, 0.3) is 10.9 Å². The largest absolute Gasteiger partial charge is 0.393 e. The van der Waals surface area contributed by atoms with Gasteiger partial charge in [-0.15, -0.1) is 0 Å². The molecular weight excluding hydrogens is 238 g/mol. The van der Waals surface area contributed by atoms with Crippen LogP contribution in [0.4, 0.5) is 0 Å². The van der Waals surface area contributed by atoms with E-state index in [1.54, 1.807) is 0 Å². The SMILES string of the molecule is OCc1ccc2nc(C3CCC(O)CC3)ccc2c1. The van der Waals surface area contributed by atoms with Crippen LogP contribution in [0.3, 0.4) is 0 Å². The van der Waals surface area contributed by atoms with Crippen LogP contribution >= 0.6 is 0 Å². The Morgan fingerprint density at radius 1 is 1.05 bits per heavy atom. The molecule has 3 heteroatoms. The maximum absolute atomic E-state index is 9.56. The van der Waals surface area contributed by atoms with Crippen molar-refractivity contribution in [3.63, 3.8) is 0 Å². The second-order valence-corrected chi connectivity index (χ2v) is 5.43. The molecule has 0 spiro atoms. The minimum atomic E-state index is -0.121. The van der Waals surface area contributed by atoms with Crippen LogP contribution in [-0.4, -0.2) is 21.3 Å². The molecule has 1 saturated carbocycles. The normalized spacial score (nSPS) is 23.7. The van der Waals surface area contributed by atoms with E-state index in [4.69, 9.17) is 10.1 Å². The molecule has 100 valence electrons. The number of aromatic nitrogens is 1. The fourth-order valence-electron chi connectivity index (χ4n) is 2.89. The van der Waals surface area contributed by atoms with Gasteiger partial charge in [-0.3, -0.25) is 4.98 Å². The zero-order chi connectivity index (χ0) is 13.2. The van der Waals surface area contributed by atoms with Gasteiger partial charge < -0.3 is 10.2 Å². The summed E-state index contributed by atoms with van der Waals surface area (Å²) in [5.41, 5.74) is 3.04. The van der Waals surface area contributed by atoms with Crippen molar-refractivity contribution in [1.82, 2.24) is 4.98 Å². The number of pyridine rings is 1. The monoisotopic (exact) mass is 257 g/mol. The van der Waals surface area contributed by atoms with Crippen molar-refractivity contribution in [2.24, 2.45) is 0 Å². The maximum Gasteiger partial charge on any atom is 0.0705 e. The molecular formula is C16H19NO2. The lowest BCUT2D eigenvalue weighted by molar-refractivity contribution is 0.122. The van der Waals surface area contributed by atoms with E-state index in [2.05, 4.69) is 12.1 Å². The third-order valence-electron chi connectivity index (χ3n) is 4.07. The summed E-state index contributed by atoms with van der Waals surface area (Å²) in [5, 5.41) is 19.8. The first-order chi connectivity index (χ1) is 9.26. The van der Waals surface area contributed by atoms with Crippen LogP contribution in [-0.2, 0) is 6.61 Å². The first kappa shape index (κ1) is 12.6. The standard InChI is InChI=1S/C16H19NO2/c18-10-11-1-7-16-13(9-11)4-8-15(17-16)12-2-5-14(19)6-3-12/h1,4,7-9,12,14,18-19H,2-3,5-6,10H2. The van der Waals surface area contributed by atoms with E-state index in [-0.39, 0.29) is 12.7 Å². The number of fused-ring (bicyclic) bond motifs is 1. The van der Waals surface area contributed by atoms with Crippen LogP contribution in [0.1, 0.15) is 42.9 Å². The molecule has 1 fully saturated rings. The molecule has 0 aliphatic heterocycles. The number of hydrogen-bond donors (Lipinski definition) is 2. The molecule has 0 radical (unpaired) electrons. The Morgan fingerprint density at radius 2 is 1.84 bits per heavy atom. The van der Waals surface area contributed by atoms with E-state index in [9.17, 15) is 5.11 Å². The van der Waals surface area contributed by atoms with Crippen LogP contribution in [0, 0.1) is 0 Å². The molecule has 19 heavy (non-hydrogen) atoms. The molecule has 0 unspecified atom stereocenters. The summed E-state index contributed by atoms with van der Waals surface area (Å²) < 4.78 is 0. The number of aliphatic hydroxyl groups excluding tert-OH is 2. The molecule has 0 saturated heterocycles. The van der Waals surface area contributed by atoms with Crippen molar-refractivity contribution in [3.05, 3.63) is 41.6 Å². The summed E-state index contributed by atoms with van der Waals surface area (Å²) >= 11 is 0. The molecule has 3 nitrogen and oxygen atoms in total. The first-order valence-electron chi connectivity index (χ1n) is 6.95. The summed E-state index contributed by atoms with van der Waals surface area (Å²) in [6.07, 6.45) is 3.69. The Hall–Kier alpha value is -1.45.